The molecule has 18 heavy (non-hydrogen) atoms. The molecule has 1 fully saturated rings. The summed E-state index contributed by atoms with van der Waals surface area (Å²) in [7, 11) is 2.16. The number of nitrogens with two attached hydrogens (primary N) is 1. The molecular weight excluding hydrogens is 228 g/mol. The first kappa shape index (κ1) is 13.3. The second-order valence-corrected chi connectivity index (χ2v) is 4.89. The van der Waals surface area contributed by atoms with Gasteiger partial charge >= 0.3 is 0 Å². The quantitative estimate of drug-likeness (QED) is 0.806. The van der Waals surface area contributed by atoms with Crippen LogP contribution in [-0.4, -0.2) is 37.7 Å². The largest absolute Gasteiger partial charge is 0.490 e. The highest BCUT2D eigenvalue weighted by molar-refractivity contribution is 5.27. The van der Waals surface area contributed by atoms with E-state index < -0.39 is 0 Å². The lowest BCUT2D eigenvalue weighted by Gasteiger charge is -2.29. The van der Waals surface area contributed by atoms with E-state index in [2.05, 4.69) is 28.9 Å². The van der Waals surface area contributed by atoms with Gasteiger partial charge in [-0.15, -0.1) is 0 Å². The van der Waals surface area contributed by atoms with E-state index in [0.29, 0.717) is 12.7 Å². The van der Waals surface area contributed by atoms with Gasteiger partial charge in [0.1, 0.15) is 11.9 Å². The van der Waals surface area contributed by atoms with Crippen LogP contribution >= 0.6 is 0 Å². The molecule has 0 unspecified atom stereocenters. The highest BCUT2D eigenvalue weighted by Crippen LogP contribution is 2.19. The fourth-order valence-electron chi connectivity index (χ4n) is 2.21. The number of ether oxygens (including phenoxy) is 1. The second-order valence-electron chi connectivity index (χ2n) is 4.89. The molecule has 2 N–H and O–H groups in total. The first-order chi connectivity index (χ1) is 8.78. The zero-order valence-corrected chi connectivity index (χ0v) is 11.0. The number of likely N-dealkylation sites (tertiary alicyclic amines) is 1. The van der Waals surface area contributed by atoms with Crippen LogP contribution in [0.3, 0.4) is 0 Å². The monoisotopic (exact) mass is 250 g/mol. The molecule has 0 atom stereocenters. The highest BCUT2D eigenvalue weighted by atomic mass is 16.6. The fourth-order valence-corrected chi connectivity index (χ4v) is 2.21. The zero-order chi connectivity index (χ0) is 12.8. The van der Waals surface area contributed by atoms with Crippen LogP contribution in [0.4, 0.5) is 0 Å². The van der Waals surface area contributed by atoms with Crippen molar-refractivity contribution in [1.82, 2.24) is 4.90 Å². The molecule has 1 aliphatic heterocycles. The predicted molar refractivity (Wildman–Crippen MR) is 71.4 cm³/mol. The van der Waals surface area contributed by atoms with Gasteiger partial charge < -0.3 is 14.5 Å². The standard InChI is InChI=1S/C14H22N2O2/c1-16-9-6-14(7-10-16)18-13-4-2-12(3-5-13)8-11-17-15/h2-5,14H,6-11,15H2,1H3. The molecule has 1 heterocycles. The molecule has 2 rings (SSSR count). The average molecular weight is 250 g/mol. The van der Waals surface area contributed by atoms with E-state index in [1.807, 2.05) is 12.1 Å². The van der Waals surface area contributed by atoms with Gasteiger partial charge in [0.25, 0.3) is 0 Å². The Labute approximate surface area is 109 Å². The molecule has 4 heteroatoms. The Balaban J connectivity index is 1.82. The highest BCUT2D eigenvalue weighted by Gasteiger charge is 2.17. The number of hydrogen-bond acceptors (Lipinski definition) is 4. The van der Waals surface area contributed by atoms with Gasteiger partial charge in [-0.1, -0.05) is 12.1 Å². The molecule has 1 saturated heterocycles. The summed E-state index contributed by atoms with van der Waals surface area (Å²) in [5.74, 6) is 5.97. The smallest absolute Gasteiger partial charge is 0.119 e. The summed E-state index contributed by atoms with van der Waals surface area (Å²) < 4.78 is 5.98. The minimum Gasteiger partial charge on any atom is -0.490 e. The molecule has 1 aromatic rings. The molecule has 0 saturated carbocycles. The van der Waals surface area contributed by atoms with E-state index in [1.165, 1.54) is 5.56 Å². The molecule has 0 spiro atoms. The Kier molecular flexibility index (Phi) is 4.99. The van der Waals surface area contributed by atoms with Crippen molar-refractivity contribution >= 4 is 0 Å². The molecular formula is C14H22N2O2. The van der Waals surface area contributed by atoms with Crippen molar-refractivity contribution in [3.63, 3.8) is 0 Å². The lowest BCUT2D eigenvalue weighted by atomic mass is 10.1. The third-order valence-electron chi connectivity index (χ3n) is 3.40. The summed E-state index contributed by atoms with van der Waals surface area (Å²) in [4.78, 5) is 6.91. The second kappa shape index (κ2) is 6.73. The number of hydrogen-bond donors (Lipinski definition) is 1. The number of nitrogens with zero attached hydrogens (tertiary/aromatic N) is 1. The lowest BCUT2D eigenvalue weighted by Crippen LogP contribution is -2.35. The van der Waals surface area contributed by atoms with Crippen molar-refractivity contribution in [3.8, 4) is 5.75 Å². The molecule has 0 amide bonds. The van der Waals surface area contributed by atoms with E-state index in [-0.39, 0.29) is 0 Å². The van der Waals surface area contributed by atoms with Gasteiger partial charge in [-0.05, 0) is 44.0 Å². The summed E-state index contributed by atoms with van der Waals surface area (Å²) >= 11 is 0. The summed E-state index contributed by atoms with van der Waals surface area (Å²) in [5, 5.41) is 0. The van der Waals surface area contributed by atoms with E-state index in [9.17, 15) is 0 Å². The fraction of sp³-hybridized carbons (Fsp3) is 0.571. The number of rotatable bonds is 5. The topological polar surface area (TPSA) is 47.7 Å². The van der Waals surface area contributed by atoms with Crippen LogP contribution in [-0.2, 0) is 11.3 Å². The Bertz CT molecular complexity index is 345. The molecule has 0 radical (unpaired) electrons. The Hall–Kier alpha value is -1.10. The first-order valence-corrected chi connectivity index (χ1v) is 6.54. The molecule has 100 valence electrons. The maximum Gasteiger partial charge on any atom is 0.119 e. The van der Waals surface area contributed by atoms with Gasteiger partial charge in [0, 0.05) is 13.1 Å². The van der Waals surface area contributed by atoms with E-state index in [1.54, 1.807) is 0 Å². The van der Waals surface area contributed by atoms with Crippen molar-refractivity contribution in [2.75, 3.05) is 26.7 Å². The van der Waals surface area contributed by atoms with E-state index in [4.69, 9.17) is 10.6 Å². The minimum absolute atomic E-state index is 0.361. The Morgan fingerprint density at radius 1 is 1.22 bits per heavy atom. The number of piperidine rings is 1. The van der Waals surface area contributed by atoms with Crippen molar-refractivity contribution in [3.05, 3.63) is 29.8 Å². The molecule has 0 bridgehead atoms. The molecule has 1 aliphatic rings. The molecule has 0 aliphatic carbocycles. The summed E-state index contributed by atoms with van der Waals surface area (Å²) in [6.07, 6.45) is 3.42. The minimum atomic E-state index is 0.361. The van der Waals surface area contributed by atoms with Crippen molar-refractivity contribution in [1.29, 1.82) is 0 Å². The Morgan fingerprint density at radius 2 is 1.89 bits per heavy atom. The van der Waals surface area contributed by atoms with Crippen LogP contribution in [0.15, 0.2) is 24.3 Å². The van der Waals surface area contributed by atoms with Crippen molar-refractivity contribution in [2.24, 2.45) is 5.90 Å². The maximum atomic E-state index is 5.98. The van der Waals surface area contributed by atoms with Gasteiger partial charge in [-0.25, -0.2) is 5.90 Å². The normalized spacial score (nSPS) is 17.9. The molecule has 4 nitrogen and oxygen atoms in total. The summed E-state index contributed by atoms with van der Waals surface area (Å²) in [6.45, 7) is 2.79. The first-order valence-electron chi connectivity index (χ1n) is 6.54. The van der Waals surface area contributed by atoms with Gasteiger partial charge in [-0.2, -0.15) is 0 Å². The van der Waals surface area contributed by atoms with Crippen molar-refractivity contribution in [2.45, 2.75) is 25.4 Å². The lowest BCUT2D eigenvalue weighted by molar-refractivity contribution is 0.114. The van der Waals surface area contributed by atoms with Gasteiger partial charge in [0.15, 0.2) is 0 Å². The van der Waals surface area contributed by atoms with Crippen LogP contribution in [0, 0.1) is 0 Å². The zero-order valence-electron chi connectivity index (χ0n) is 11.0. The van der Waals surface area contributed by atoms with Crippen molar-refractivity contribution < 1.29 is 9.57 Å². The van der Waals surface area contributed by atoms with Gasteiger partial charge in [-0.3, -0.25) is 0 Å². The molecule has 1 aromatic carbocycles. The third kappa shape index (κ3) is 3.98. The van der Waals surface area contributed by atoms with E-state index >= 15 is 0 Å². The van der Waals surface area contributed by atoms with Gasteiger partial charge in [0.2, 0.25) is 0 Å². The average Bonchev–Trinajstić information content (AvgIpc) is 2.41. The SMILES string of the molecule is CN1CCC(Oc2ccc(CCON)cc2)CC1. The van der Waals surface area contributed by atoms with Crippen LogP contribution in [0.2, 0.25) is 0 Å². The summed E-state index contributed by atoms with van der Waals surface area (Å²) in [6, 6.07) is 8.21. The third-order valence-corrected chi connectivity index (χ3v) is 3.40. The molecule has 0 aromatic heterocycles. The predicted octanol–water partition coefficient (Wildman–Crippen LogP) is 1.59. The summed E-state index contributed by atoms with van der Waals surface area (Å²) in [5.41, 5.74) is 1.22. The van der Waals surface area contributed by atoms with E-state index in [0.717, 1.165) is 38.1 Å². The van der Waals surface area contributed by atoms with Crippen LogP contribution < -0.4 is 10.6 Å². The van der Waals surface area contributed by atoms with Gasteiger partial charge in [0.05, 0.1) is 6.61 Å². The van der Waals surface area contributed by atoms with Crippen LogP contribution in [0.25, 0.3) is 0 Å². The Morgan fingerprint density at radius 3 is 2.50 bits per heavy atom. The number of benzene rings is 1. The van der Waals surface area contributed by atoms with Crippen LogP contribution in [0.1, 0.15) is 18.4 Å². The maximum absolute atomic E-state index is 5.98. The van der Waals surface area contributed by atoms with Crippen LogP contribution in [0.5, 0.6) is 5.75 Å².